The predicted molar refractivity (Wildman–Crippen MR) is 110 cm³/mol. The second kappa shape index (κ2) is 8.53. The van der Waals surface area contributed by atoms with Crippen LogP contribution in [0.15, 0.2) is 70.2 Å². The first-order chi connectivity index (χ1) is 13.8. The van der Waals surface area contributed by atoms with E-state index in [1.165, 1.54) is 6.26 Å². The fourth-order valence-electron chi connectivity index (χ4n) is 2.92. The molecule has 6 nitrogen and oxygen atoms in total. The number of aryl methyl sites for hydroxylation is 2. The van der Waals surface area contributed by atoms with Crippen molar-refractivity contribution < 1.29 is 22.4 Å². The number of furan rings is 1. The molecule has 1 aromatic heterocycles. The van der Waals surface area contributed by atoms with E-state index in [1.807, 2.05) is 13.8 Å². The van der Waals surface area contributed by atoms with Crippen LogP contribution in [-0.2, 0) is 9.84 Å². The van der Waals surface area contributed by atoms with E-state index in [0.29, 0.717) is 11.3 Å². The summed E-state index contributed by atoms with van der Waals surface area (Å²) in [4.78, 5) is 12.7. The molecule has 152 valence electrons. The lowest BCUT2D eigenvalue weighted by Gasteiger charge is -2.17. The molecular formula is C22H23NO5S. The molecule has 0 aliphatic rings. The lowest BCUT2D eigenvalue weighted by Crippen LogP contribution is -2.31. The Hall–Kier alpha value is -3.06. The lowest BCUT2D eigenvalue weighted by atomic mass is 10.1. The first kappa shape index (κ1) is 20.7. The minimum Gasteiger partial charge on any atom is -0.497 e. The molecule has 0 saturated carbocycles. The fourth-order valence-corrected chi connectivity index (χ4v) is 4.59. The number of rotatable bonds is 7. The normalized spacial score (nSPS) is 12.4. The Morgan fingerprint density at radius 1 is 1.07 bits per heavy atom. The van der Waals surface area contributed by atoms with Gasteiger partial charge in [0, 0.05) is 12.1 Å². The summed E-state index contributed by atoms with van der Waals surface area (Å²) in [5, 5.41) is 1.67. The predicted octanol–water partition coefficient (Wildman–Crippen LogP) is 3.85. The summed E-state index contributed by atoms with van der Waals surface area (Å²) in [7, 11) is -2.24. The highest BCUT2D eigenvalue weighted by molar-refractivity contribution is 7.91. The topological polar surface area (TPSA) is 85.6 Å². The average molecular weight is 413 g/mol. The van der Waals surface area contributed by atoms with E-state index < -0.39 is 15.1 Å². The van der Waals surface area contributed by atoms with Gasteiger partial charge in [-0.3, -0.25) is 4.79 Å². The van der Waals surface area contributed by atoms with Gasteiger partial charge in [-0.25, -0.2) is 8.42 Å². The summed E-state index contributed by atoms with van der Waals surface area (Å²) in [6.07, 6.45) is 1.42. The number of ether oxygens (including phenoxy) is 1. The number of sulfone groups is 1. The number of hydrogen-bond donors (Lipinski definition) is 1. The van der Waals surface area contributed by atoms with Gasteiger partial charge in [0.05, 0.1) is 18.3 Å². The zero-order valence-corrected chi connectivity index (χ0v) is 17.3. The van der Waals surface area contributed by atoms with Crippen LogP contribution in [0.1, 0.15) is 32.5 Å². The Morgan fingerprint density at radius 2 is 1.79 bits per heavy atom. The number of methoxy groups -OCH3 is 1. The third kappa shape index (κ3) is 4.51. The second-order valence-corrected chi connectivity index (χ2v) is 8.86. The van der Waals surface area contributed by atoms with Gasteiger partial charge in [-0.05, 0) is 73.5 Å². The maximum atomic E-state index is 13.3. The molecule has 1 heterocycles. The molecule has 29 heavy (non-hydrogen) atoms. The SMILES string of the molecule is COc1ccc(C(=O)NC[C@@H](c2ccco2)S(=O)(=O)c2ccc(C)c(C)c2)cc1. The van der Waals surface area contributed by atoms with Crippen LogP contribution in [0.4, 0.5) is 0 Å². The van der Waals surface area contributed by atoms with E-state index >= 15 is 0 Å². The van der Waals surface area contributed by atoms with Gasteiger partial charge in [0.25, 0.3) is 5.91 Å². The average Bonchev–Trinajstić information content (AvgIpc) is 3.24. The van der Waals surface area contributed by atoms with Crippen molar-refractivity contribution in [3.05, 3.63) is 83.3 Å². The fraction of sp³-hybridized carbons (Fsp3) is 0.227. The molecule has 0 fully saturated rings. The summed E-state index contributed by atoms with van der Waals surface area (Å²) >= 11 is 0. The molecule has 0 aliphatic heterocycles. The lowest BCUT2D eigenvalue weighted by molar-refractivity contribution is 0.0953. The van der Waals surface area contributed by atoms with Crippen molar-refractivity contribution in [2.45, 2.75) is 24.0 Å². The van der Waals surface area contributed by atoms with Crippen molar-refractivity contribution in [3.63, 3.8) is 0 Å². The molecule has 2 aromatic carbocycles. The molecule has 1 amide bonds. The van der Waals surface area contributed by atoms with Crippen LogP contribution in [0.5, 0.6) is 5.75 Å². The van der Waals surface area contributed by atoms with Gasteiger partial charge in [-0.15, -0.1) is 0 Å². The number of benzene rings is 2. The minimum atomic E-state index is -3.78. The summed E-state index contributed by atoms with van der Waals surface area (Å²) < 4.78 is 37.1. The van der Waals surface area contributed by atoms with Crippen LogP contribution < -0.4 is 10.1 Å². The second-order valence-electron chi connectivity index (χ2n) is 6.73. The minimum absolute atomic E-state index is 0.117. The molecule has 1 atom stereocenters. The molecule has 0 saturated heterocycles. The zero-order valence-electron chi connectivity index (χ0n) is 16.5. The van der Waals surface area contributed by atoms with E-state index in [-0.39, 0.29) is 23.1 Å². The van der Waals surface area contributed by atoms with E-state index in [1.54, 1.807) is 61.7 Å². The van der Waals surface area contributed by atoms with Gasteiger partial charge in [0.1, 0.15) is 16.8 Å². The summed E-state index contributed by atoms with van der Waals surface area (Å²) in [6.45, 7) is 3.67. The van der Waals surface area contributed by atoms with Gasteiger partial charge < -0.3 is 14.5 Å². The van der Waals surface area contributed by atoms with E-state index in [0.717, 1.165) is 11.1 Å². The van der Waals surface area contributed by atoms with Crippen molar-refractivity contribution in [1.82, 2.24) is 5.32 Å². The Kier molecular flexibility index (Phi) is 6.08. The molecule has 0 aliphatic carbocycles. The van der Waals surface area contributed by atoms with Gasteiger partial charge >= 0.3 is 0 Å². The Bertz CT molecular complexity index is 1090. The van der Waals surface area contributed by atoms with E-state index in [9.17, 15) is 13.2 Å². The van der Waals surface area contributed by atoms with Crippen molar-refractivity contribution in [2.24, 2.45) is 0 Å². The zero-order chi connectivity index (χ0) is 21.0. The van der Waals surface area contributed by atoms with Crippen LogP contribution in [0, 0.1) is 13.8 Å². The van der Waals surface area contributed by atoms with Gasteiger partial charge in [-0.2, -0.15) is 0 Å². The Morgan fingerprint density at radius 3 is 2.38 bits per heavy atom. The summed E-state index contributed by atoms with van der Waals surface area (Å²) in [5.41, 5.74) is 2.30. The maximum Gasteiger partial charge on any atom is 0.251 e. The van der Waals surface area contributed by atoms with Crippen molar-refractivity contribution in [1.29, 1.82) is 0 Å². The summed E-state index contributed by atoms with van der Waals surface area (Å²) in [6, 6.07) is 14.8. The quantitative estimate of drug-likeness (QED) is 0.636. The standard InChI is InChI=1S/C22H23NO5S/c1-15-6-11-19(13-16(15)2)29(25,26)21(20-5-4-12-28-20)14-23-22(24)17-7-9-18(27-3)10-8-17/h4-13,21H,14H2,1-3H3,(H,23,24)/t21-/m0/s1. The number of carbonyl (C=O) groups excluding carboxylic acids is 1. The van der Waals surface area contributed by atoms with E-state index in [2.05, 4.69) is 5.32 Å². The molecule has 3 aromatic rings. The third-order valence-corrected chi connectivity index (χ3v) is 6.90. The molecule has 0 bridgehead atoms. The van der Waals surface area contributed by atoms with Gasteiger partial charge in [0.15, 0.2) is 9.84 Å². The van der Waals surface area contributed by atoms with Crippen LogP contribution in [0.25, 0.3) is 0 Å². The number of hydrogen-bond acceptors (Lipinski definition) is 5. The molecule has 0 spiro atoms. The molecule has 1 N–H and O–H groups in total. The van der Waals surface area contributed by atoms with Crippen LogP contribution >= 0.6 is 0 Å². The molecule has 0 unspecified atom stereocenters. The molecular weight excluding hydrogens is 390 g/mol. The highest BCUT2D eigenvalue weighted by atomic mass is 32.2. The van der Waals surface area contributed by atoms with Crippen molar-refractivity contribution >= 4 is 15.7 Å². The van der Waals surface area contributed by atoms with Crippen molar-refractivity contribution in [3.8, 4) is 5.75 Å². The van der Waals surface area contributed by atoms with Crippen molar-refractivity contribution in [2.75, 3.05) is 13.7 Å². The van der Waals surface area contributed by atoms with Crippen LogP contribution in [-0.4, -0.2) is 28.0 Å². The smallest absolute Gasteiger partial charge is 0.251 e. The number of nitrogens with one attached hydrogen (secondary N) is 1. The van der Waals surface area contributed by atoms with E-state index in [4.69, 9.17) is 9.15 Å². The van der Waals surface area contributed by atoms with Gasteiger partial charge in [0.2, 0.25) is 0 Å². The highest BCUT2D eigenvalue weighted by Gasteiger charge is 2.32. The first-order valence-electron chi connectivity index (χ1n) is 9.09. The van der Waals surface area contributed by atoms with Crippen LogP contribution in [0.3, 0.4) is 0 Å². The first-order valence-corrected chi connectivity index (χ1v) is 10.6. The largest absolute Gasteiger partial charge is 0.497 e. The number of carbonyl (C=O) groups is 1. The monoisotopic (exact) mass is 413 g/mol. The maximum absolute atomic E-state index is 13.3. The molecule has 0 radical (unpaired) electrons. The Balaban J connectivity index is 1.86. The Labute approximate surface area is 170 Å². The summed E-state index contributed by atoms with van der Waals surface area (Å²) in [5.74, 6) is 0.532. The molecule has 3 rings (SSSR count). The third-order valence-electron chi connectivity index (χ3n) is 4.84. The molecule has 7 heteroatoms. The highest BCUT2D eigenvalue weighted by Crippen LogP contribution is 2.30. The van der Waals surface area contributed by atoms with Crippen LogP contribution in [0.2, 0.25) is 0 Å². The van der Waals surface area contributed by atoms with Gasteiger partial charge in [-0.1, -0.05) is 6.07 Å². The number of amides is 1.